The van der Waals surface area contributed by atoms with Crippen LogP contribution in [0.15, 0.2) is 72.3 Å². The van der Waals surface area contributed by atoms with Crippen molar-refractivity contribution in [3.05, 3.63) is 89.0 Å². The second-order valence-electron chi connectivity index (χ2n) is 7.31. The van der Waals surface area contributed by atoms with E-state index in [0.29, 0.717) is 25.5 Å². The highest BCUT2D eigenvalue weighted by Gasteiger charge is 2.41. The molecule has 0 bridgehead atoms. The van der Waals surface area contributed by atoms with Crippen LogP contribution in [0, 0.1) is 5.41 Å². The Bertz CT molecular complexity index is 975. The number of nitrogens with two attached hydrogens (primary N) is 1. The van der Waals surface area contributed by atoms with Crippen LogP contribution in [-0.2, 0) is 16.9 Å². The molecule has 28 heavy (non-hydrogen) atoms. The van der Waals surface area contributed by atoms with E-state index in [1.54, 1.807) is 0 Å². The number of rotatable bonds is 4. The van der Waals surface area contributed by atoms with Gasteiger partial charge in [-0.05, 0) is 35.3 Å². The zero-order chi connectivity index (χ0) is 19.7. The number of carbonyl (C=O) groups excluding carboxylic acids is 1. The summed E-state index contributed by atoms with van der Waals surface area (Å²) in [6.45, 7) is 3.25. The van der Waals surface area contributed by atoms with Crippen LogP contribution in [0.25, 0.3) is 5.57 Å². The minimum atomic E-state index is -0.586. The zero-order valence-electron chi connectivity index (χ0n) is 15.9. The molecule has 1 unspecified atom stereocenters. The molecule has 142 valence electrons. The van der Waals surface area contributed by atoms with Crippen molar-refractivity contribution < 1.29 is 4.79 Å². The van der Waals surface area contributed by atoms with Gasteiger partial charge in [-0.15, -0.1) is 0 Å². The predicted octanol–water partition coefficient (Wildman–Crippen LogP) is 2.79. The lowest BCUT2D eigenvalue weighted by atomic mass is 9.77. The minimum Gasteiger partial charge on any atom is -0.342 e. The molecule has 5 heteroatoms. The summed E-state index contributed by atoms with van der Waals surface area (Å²) in [4.78, 5) is 14.1. The molecule has 0 radical (unpaired) electrons. The predicted molar refractivity (Wildman–Crippen MR) is 112 cm³/mol. The molecular formula is C23H24N4O. The maximum Gasteiger partial charge on any atom is 0.235 e. The first kappa shape index (κ1) is 18.3. The Kier molecular flexibility index (Phi) is 4.71. The van der Waals surface area contributed by atoms with E-state index >= 15 is 0 Å². The van der Waals surface area contributed by atoms with Gasteiger partial charge >= 0.3 is 0 Å². The lowest BCUT2D eigenvalue weighted by Gasteiger charge is -2.40. The van der Waals surface area contributed by atoms with Crippen LogP contribution in [-0.4, -0.2) is 29.7 Å². The van der Waals surface area contributed by atoms with Crippen molar-refractivity contribution in [1.29, 1.82) is 5.41 Å². The van der Waals surface area contributed by atoms with Crippen molar-refractivity contribution in [3.8, 4) is 0 Å². The van der Waals surface area contributed by atoms with Crippen LogP contribution in [0.5, 0.6) is 0 Å². The Labute approximate surface area is 165 Å². The molecular weight excluding hydrogens is 348 g/mol. The van der Waals surface area contributed by atoms with Gasteiger partial charge in [0, 0.05) is 12.1 Å². The van der Waals surface area contributed by atoms with Crippen LogP contribution >= 0.6 is 0 Å². The molecule has 4 rings (SSSR count). The van der Waals surface area contributed by atoms with Gasteiger partial charge in [-0.25, -0.2) is 0 Å². The van der Waals surface area contributed by atoms with E-state index in [4.69, 9.17) is 11.1 Å². The fourth-order valence-electron chi connectivity index (χ4n) is 3.96. The molecule has 1 aliphatic heterocycles. The number of benzene rings is 2. The lowest BCUT2D eigenvalue weighted by Crippen LogP contribution is -2.45. The van der Waals surface area contributed by atoms with Crippen LogP contribution in [0.1, 0.15) is 23.6 Å². The summed E-state index contributed by atoms with van der Waals surface area (Å²) in [7, 11) is 0. The Morgan fingerprint density at radius 2 is 1.82 bits per heavy atom. The topological polar surface area (TPSA) is 82.2 Å². The zero-order valence-corrected chi connectivity index (χ0v) is 15.9. The monoisotopic (exact) mass is 372 g/mol. The average molecular weight is 372 g/mol. The summed E-state index contributed by atoms with van der Waals surface area (Å²) in [6, 6.07) is 18.2. The van der Waals surface area contributed by atoms with Crippen molar-refractivity contribution in [2.45, 2.75) is 19.0 Å². The summed E-state index contributed by atoms with van der Waals surface area (Å²) in [5, 5.41) is 11.6. The second kappa shape index (κ2) is 7.19. The molecule has 1 amide bonds. The van der Waals surface area contributed by atoms with E-state index in [1.165, 1.54) is 0 Å². The molecule has 4 N–H and O–H groups in total. The van der Waals surface area contributed by atoms with E-state index in [1.807, 2.05) is 49.4 Å². The smallest absolute Gasteiger partial charge is 0.235 e. The molecule has 0 spiro atoms. The van der Waals surface area contributed by atoms with Gasteiger partial charge < -0.3 is 11.1 Å². The third kappa shape index (κ3) is 3.09. The third-order valence-electron chi connectivity index (χ3n) is 5.53. The number of nitrogens with zero attached hydrogens (tertiary/aromatic N) is 1. The maximum atomic E-state index is 12.0. The summed E-state index contributed by atoms with van der Waals surface area (Å²) >= 11 is 0. The molecule has 0 saturated carbocycles. The molecule has 2 aromatic rings. The molecule has 2 aliphatic rings. The number of amides is 1. The molecule has 2 aromatic carbocycles. The van der Waals surface area contributed by atoms with E-state index in [0.717, 1.165) is 27.8 Å². The molecule has 1 aliphatic carbocycles. The second-order valence-corrected chi connectivity index (χ2v) is 7.31. The maximum absolute atomic E-state index is 12.0. The fraction of sp³-hybridized carbons (Fsp3) is 0.217. The van der Waals surface area contributed by atoms with E-state index in [-0.39, 0.29) is 5.91 Å². The van der Waals surface area contributed by atoms with Gasteiger partial charge in [-0.1, -0.05) is 60.7 Å². The molecule has 5 nitrogen and oxygen atoms in total. The van der Waals surface area contributed by atoms with Gasteiger partial charge in [0.1, 0.15) is 0 Å². The first-order chi connectivity index (χ1) is 13.5. The van der Waals surface area contributed by atoms with Crippen molar-refractivity contribution >= 4 is 17.2 Å². The molecule has 1 atom stereocenters. The van der Waals surface area contributed by atoms with Crippen LogP contribution in [0.4, 0.5) is 0 Å². The van der Waals surface area contributed by atoms with Gasteiger partial charge in [0.2, 0.25) is 5.91 Å². The van der Waals surface area contributed by atoms with Crippen molar-refractivity contribution in [1.82, 2.24) is 10.2 Å². The van der Waals surface area contributed by atoms with Gasteiger partial charge in [0.05, 0.1) is 24.5 Å². The number of hydrogen-bond donors (Lipinski definition) is 3. The highest BCUT2D eigenvalue weighted by Crippen LogP contribution is 2.40. The molecule has 1 saturated heterocycles. The summed E-state index contributed by atoms with van der Waals surface area (Å²) < 4.78 is 0. The number of carbonyl (C=O) groups is 1. The Morgan fingerprint density at radius 1 is 1.11 bits per heavy atom. The van der Waals surface area contributed by atoms with Gasteiger partial charge in [-0.3, -0.25) is 15.1 Å². The quantitative estimate of drug-likeness (QED) is 0.772. The summed E-state index contributed by atoms with van der Waals surface area (Å²) in [5.74, 6) is 0.0178. The Hall–Kier alpha value is -3.02. The normalized spacial score (nSPS) is 22.6. The number of allylic oxidation sites excluding steroid dienone is 2. The molecule has 0 aromatic heterocycles. The van der Waals surface area contributed by atoms with Crippen LogP contribution in [0.3, 0.4) is 0 Å². The molecule has 1 heterocycles. The van der Waals surface area contributed by atoms with Gasteiger partial charge in [0.15, 0.2) is 0 Å². The first-order valence-corrected chi connectivity index (χ1v) is 9.42. The van der Waals surface area contributed by atoms with Crippen molar-refractivity contribution in [2.24, 2.45) is 5.73 Å². The number of hydrogen-bond acceptors (Lipinski definition) is 4. The largest absolute Gasteiger partial charge is 0.342 e. The highest BCUT2D eigenvalue weighted by molar-refractivity contribution is 6.31. The van der Waals surface area contributed by atoms with Crippen LogP contribution in [0.2, 0.25) is 0 Å². The minimum absolute atomic E-state index is 0.0178. The van der Waals surface area contributed by atoms with Gasteiger partial charge in [-0.2, -0.15) is 0 Å². The molecule has 1 fully saturated rings. The van der Waals surface area contributed by atoms with Crippen LogP contribution < -0.4 is 11.1 Å². The average Bonchev–Trinajstić information content (AvgIpc) is 3.17. The highest BCUT2D eigenvalue weighted by atomic mass is 16.2. The standard InChI is InChI=1S/C23H24N4O/c1-16-11-23(19-5-3-2-4-6-19,27-14-21(28)26-15-27)12-20(22(16)25)18-9-7-17(13-24)8-10-18/h2-12,25H,13-15,24H2,1H3,(H,26,28). The van der Waals surface area contributed by atoms with E-state index in [2.05, 4.69) is 34.5 Å². The lowest BCUT2D eigenvalue weighted by molar-refractivity contribution is -0.118. The Morgan fingerprint density at radius 3 is 2.43 bits per heavy atom. The van der Waals surface area contributed by atoms with Gasteiger partial charge in [0.25, 0.3) is 0 Å². The fourth-order valence-corrected chi connectivity index (χ4v) is 3.96. The van der Waals surface area contributed by atoms with Crippen molar-refractivity contribution in [3.63, 3.8) is 0 Å². The first-order valence-electron chi connectivity index (χ1n) is 9.42. The third-order valence-corrected chi connectivity index (χ3v) is 5.53. The van der Waals surface area contributed by atoms with E-state index < -0.39 is 5.54 Å². The summed E-state index contributed by atoms with van der Waals surface area (Å²) in [5.41, 5.74) is 10.5. The number of nitrogens with one attached hydrogen (secondary N) is 2. The SMILES string of the molecule is CC1=CC(c2ccccc2)(N2CNC(=O)C2)C=C(c2ccc(CN)cc2)C1=N. The van der Waals surface area contributed by atoms with E-state index in [9.17, 15) is 4.79 Å². The van der Waals surface area contributed by atoms with Crippen molar-refractivity contribution in [2.75, 3.05) is 13.2 Å². The Balaban J connectivity index is 1.89. The summed E-state index contributed by atoms with van der Waals surface area (Å²) in [6.07, 6.45) is 4.22.